The van der Waals surface area contributed by atoms with Crippen LogP contribution in [0.3, 0.4) is 0 Å². The number of pyridine rings is 4. The molecule has 12 bridgehead atoms. The molecule has 0 radical (unpaired) electrons. The maximum absolute atomic E-state index is 6.27. The molecule has 12 heterocycles. The van der Waals surface area contributed by atoms with E-state index in [0.29, 0.717) is 13.2 Å². The fraction of sp³-hybridized carbons (Fsp3) is 0.200. The third kappa shape index (κ3) is 7.13. The van der Waals surface area contributed by atoms with Crippen LogP contribution >= 0.6 is 0 Å². The smallest absolute Gasteiger partial charge is 0.182 e. The summed E-state index contributed by atoms with van der Waals surface area (Å²) in [5.74, 6) is 1.72. The van der Waals surface area contributed by atoms with Gasteiger partial charge in [-0.1, -0.05) is 37.3 Å². The third-order valence-corrected chi connectivity index (χ3v) is 8.63. The molecule has 8 aliphatic heterocycles. The summed E-state index contributed by atoms with van der Waals surface area (Å²) < 4.78 is 21.2. The molecule has 0 unspecified atom stereocenters. The van der Waals surface area contributed by atoms with Crippen LogP contribution in [0.4, 0.5) is 0 Å². The van der Waals surface area contributed by atoms with Crippen molar-refractivity contribution in [1.29, 1.82) is 0 Å². The van der Waals surface area contributed by atoms with E-state index in [1.54, 1.807) is 0 Å². The van der Waals surface area contributed by atoms with E-state index < -0.39 is 0 Å². The Morgan fingerprint density at radius 1 is 0.478 bits per heavy atom. The summed E-state index contributed by atoms with van der Waals surface area (Å²) in [6.07, 6.45) is 18.0. The highest BCUT2D eigenvalue weighted by molar-refractivity contribution is 5.61. The van der Waals surface area contributed by atoms with Gasteiger partial charge < -0.3 is 9.47 Å². The van der Waals surface area contributed by atoms with Crippen LogP contribution in [0.5, 0.6) is 11.5 Å². The molecule has 4 aromatic heterocycles. The Balaban J connectivity index is 1.12. The van der Waals surface area contributed by atoms with Crippen LogP contribution in [0.1, 0.15) is 23.6 Å². The minimum absolute atomic E-state index is 0.574. The van der Waals surface area contributed by atoms with Gasteiger partial charge in [0.25, 0.3) is 0 Å². The molecule has 228 valence electrons. The number of hydrogen-bond acceptors (Lipinski definition) is 2. The minimum Gasteiger partial charge on any atom is -0.487 e. The molecule has 6 heteroatoms. The highest BCUT2D eigenvalue weighted by Gasteiger charge is 2.12. The molecular formula is C40H40N4O2+4. The molecule has 0 aliphatic carbocycles. The molecule has 0 fully saturated rings. The normalized spacial score (nSPS) is 13.2. The molecule has 0 saturated carbocycles. The number of hydrogen-bond donors (Lipinski definition) is 0. The first-order valence-electron chi connectivity index (χ1n) is 16.1. The Bertz CT molecular complexity index is 1890. The topological polar surface area (TPSA) is 34.0 Å². The first-order valence-corrected chi connectivity index (χ1v) is 16.1. The average molecular weight is 609 g/mol. The van der Waals surface area contributed by atoms with Crippen molar-refractivity contribution in [2.75, 3.05) is 13.2 Å². The highest BCUT2D eigenvalue weighted by Crippen LogP contribution is 2.26. The Morgan fingerprint density at radius 3 is 1.33 bits per heavy atom. The monoisotopic (exact) mass is 608 g/mol. The van der Waals surface area contributed by atoms with Gasteiger partial charge in [-0.3, -0.25) is 0 Å². The number of aromatic nitrogens is 4. The molecule has 6 nitrogen and oxygen atoms in total. The van der Waals surface area contributed by atoms with E-state index in [0.717, 1.165) is 44.1 Å². The second-order valence-electron chi connectivity index (χ2n) is 11.8. The number of benzene rings is 2. The van der Waals surface area contributed by atoms with E-state index in [1.165, 1.54) is 38.9 Å². The minimum atomic E-state index is 0.574. The van der Waals surface area contributed by atoms with Crippen LogP contribution in [-0.2, 0) is 32.6 Å². The summed E-state index contributed by atoms with van der Waals surface area (Å²) in [6.45, 7) is 6.50. The lowest BCUT2D eigenvalue weighted by atomic mass is 10.1. The number of rotatable bonds is 1. The van der Waals surface area contributed by atoms with Crippen molar-refractivity contribution in [3.05, 3.63) is 157 Å². The SMILES string of the molecule is CCc1ccc2cc1OCC[n+]1ccc(cc1)-c1cc[n+](cc1)Cc1ccc(cc1)C[n+]1ccc(cc1)-c1cc[n+](cc1)CCO2. The van der Waals surface area contributed by atoms with E-state index in [4.69, 9.17) is 9.47 Å². The Labute approximate surface area is 271 Å². The molecule has 0 saturated heterocycles. The van der Waals surface area contributed by atoms with Crippen molar-refractivity contribution < 1.29 is 27.7 Å². The lowest BCUT2D eigenvalue weighted by Gasteiger charge is -2.12. The fourth-order valence-corrected chi connectivity index (χ4v) is 5.86. The van der Waals surface area contributed by atoms with Gasteiger partial charge in [0, 0.05) is 65.7 Å². The summed E-state index contributed by atoms with van der Waals surface area (Å²) in [5.41, 5.74) is 8.54. The van der Waals surface area contributed by atoms with Crippen molar-refractivity contribution in [2.45, 2.75) is 39.5 Å². The second kappa shape index (κ2) is 13.7. The van der Waals surface area contributed by atoms with Crippen molar-refractivity contribution in [2.24, 2.45) is 0 Å². The molecule has 0 amide bonds. The fourth-order valence-electron chi connectivity index (χ4n) is 5.86. The van der Waals surface area contributed by atoms with Crippen LogP contribution < -0.4 is 27.7 Å². The zero-order valence-corrected chi connectivity index (χ0v) is 26.3. The Morgan fingerprint density at radius 2 is 0.891 bits per heavy atom. The van der Waals surface area contributed by atoms with Crippen molar-refractivity contribution in [3.63, 3.8) is 0 Å². The summed E-state index contributed by atoms with van der Waals surface area (Å²) in [4.78, 5) is 0. The standard InChI is InChI=1S/C40H40N4O2/c1-2-34-7-8-39-29-40(34)46-28-26-42-19-11-36(12-20-42)38-15-23-44(24-16-38)31-33-5-3-32(4-6-33)30-43-21-13-37(14-22-43)35-9-17-41(18-10-35)25-27-45-39/h3-24,29H,2,25-28,30-31H2,1H3/q+4. The first-order chi connectivity index (χ1) is 22.7. The number of aryl methyl sites for hydroxylation is 1. The van der Waals surface area contributed by atoms with Crippen LogP contribution in [0, 0.1) is 0 Å². The maximum Gasteiger partial charge on any atom is 0.182 e. The quantitative estimate of drug-likeness (QED) is 0.238. The van der Waals surface area contributed by atoms with Gasteiger partial charge in [0.2, 0.25) is 0 Å². The van der Waals surface area contributed by atoms with E-state index >= 15 is 0 Å². The molecule has 0 spiro atoms. The van der Waals surface area contributed by atoms with Gasteiger partial charge in [-0.2, -0.15) is 0 Å². The van der Waals surface area contributed by atoms with E-state index in [2.05, 4.69) is 154 Å². The largest absolute Gasteiger partial charge is 0.487 e. The third-order valence-electron chi connectivity index (χ3n) is 8.63. The van der Waals surface area contributed by atoms with Crippen LogP contribution in [0.15, 0.2) is 141 Å². The summed E-state index contributed by atoms with van der Waals surface area (Å²) in [6, 6.07) is 32.5. The van der Waals surface area contributed by atoms with Crippen molar-refractivity contribution in [3.8, 4) is 33.8 Å². The summed E-state index contributed by atoms with van der Waals surface area (Å²) in [7, 11) is 0. The molecule has 14 rings (SSSR count). The second-order valence-corrected chi connectivity index (χ2v) is 11.8. The molecule has 0 N–H and O–H groups in total. The summed E-state index contributed by atoms with van der Waals surface area (Å²) >= 11 is 0. The molecule has 0 atom stereocenters. The lowest BCUT2D eigenvalue weighted by Crippen LogP contribution is -2.36. The molecule has 8 aliphatic rings. The predicted octanol–water partition coefficient (Wildman–Crippen LogP) is 5.30. The zero-order chi connectivity index (χ0) is 31.1. The summed E-state index contributed by atoms with van der Waals surface area (Å²) in [5, 5.41) is 0. The molecule has 6 aromatic rings. The van der Waals surface area contributed by atoms with Crippen molar-refractivity contribution in [1.82, 2.24) is 0 Å². The van der Waals surface area contributed by atoms with Gasteiger partial charge in [-0.05, 0) is 40.3 Å². The maximum atomic E-state index is 6.27. The van der Waals surface area contributed by atoms with Gasteiger partial charge in [0.05, 0.1) is 0 Å². The zero-order valence-electron chi connectivity index (χ0n) is 26.3. The Hall–Kier alpha value is -5.36. The van der Waals surface area contributed by atoms with Gasteiger partial charge in [0.1, 0.15) is 24.7 Å². The highest BCUT2D eigenvalue weighted by atomic mass is 16.5. The lowest BCUT2D eigenvalue weighted by molar-refractivity contribution is -0.697. The van der Waals surface area contributed by atoms with E-state index in [1.807, 2.05) is 12.1 Å². The number of fused-ring (bicyclic) bond motifs is 1. The van der Waals surface area contributed by atoms with E-state index in [-0.39, 0.29) is 0 Å². The van der Waals surface area contributed by atoms with Crippen LogP contribution in [0.2, 0.25) is 0 Å². The van der Waals surface area contributed by atoms with Crippen LogP contribution in [0.25, 0.3) is 22.3 Å². The predicted molar refractivity (Wildman–Crippen MR) is 176 cm³/mol. The van der Waals surface area contributed by atoms with E-state index in [9.17, 15) is 0 Å². The number of ether oxygens (including phenoxy) is 2. The van der Waals surface area contributed by atoms with Crippen molar-refractivity contribution >= 4 is 0 Å². The van der Waals surface area contributed by atoms with Gasteiger partial charge in [-0.15, -0.1) is 0 Å². The number of nitrogens with zero attached hydrogens (tertiary/aromatic N) is 4. The Kier molecular flexibility index (Phi) is 8.77. The van der Waals surface area contributed by atoms with Gasteiger partial charge in [0.15, 0.2) is 75.8 Å². The molecule has 2 aromatic carbocycles. The van der Waals surface area contributed by atoms with Gasteiger partial charge >= 0.3 is 0 Å². The molecular weight excluding hydrogens is 568 g/mol. The van der Waals surface area contributed by atoms with Gasteiger partial charge in [-0.25, -0.2) is 18.3 Å². The average Bonchev–Trinajstić information content (AvgIpc) is 3.10. The molecule has 46 heavy (non-hydrogen) atoms. The first kappa shape index (κ1) is 29.4. The van der Waals surface area contributed by atoms with Crippen LogP contribution in [-0.4, -0.2) is 13.2 Å².